The minimum atomic E-state index is -3.75. The van der Waals surface area contributed by atoms with Crippen molar-refractivity contribution in [1.82, 2.24) is 30.0 Å². The Kier molecular flexibility index (Phi) is 5.91. The number of hydrogen-bond donors (Lipinski definition) is 4. The largest absolute Gasteiger partial charge is 0.368 e. The van der Waals surface area contributed by atoms with Crippen LogP contribution in [0.2, 0.25) is 0 Å². The molecule has 0 saturated carbocycles. The molecule has 3 rings (SSSR count). The van der Waals surface area contributed by atoms with Crippen molar-refractivity contribution in [3.63, 3.8) is 0 Å². The van der Waals surface area contributed by atoms with Gasteiger partial charge in [0.05, 0.1) is 4.90 Å². The normalized spacial score (nSPS) is 11.4. The topological polar surface area (TPSA) is 170 Å². The molecular formula is C16H22N10O2S. The van der Waals surface area contributed by atoms with E-state index in [1.165, 1.54) is 23.1 Å². The number of aromatic nitrogens is 5. The van der Waals surface area contributed by atoms with Crippen LogP contribution in [0.5, 0.6) is 0 Å². The van der Waals surface area contributed by atoms with Crippen molar-refractivity contribution in [2.75, 3.05) is 43.1 Å². The molecule has 2 aromatic heterocycles. The summed E-state index contributed by atoms with van der Waals surface area (Å²) in [4.78, 5) is 14.6. The Labute approximate surface area is 168 Å². The molecule has 0 aliphatic heterocycles. The lowest BCUT2D eigenvalue weighted by atomic mass is 10.3. The van der Waals surface area contributed by atoms with E-state index in [0.29, 0.717) is 17.3 Å². The third-order valence-corrected chi connectivity index (χ3v) is 4.94. The van der Waals surface area contributed by atoms with Gasteiger partial charge in [-0.15, -0.1) is 5.10 Å². The first kappa shape index (κ1) is 20.4. The average Bonchev–Trinajstić information content (AvgIpc) is 3.06. The van der Waals surface area contributed by atoms with Crippen LogP contribution in [0.3, 0.4) is 0 Å². The maximum atomic E-state index is 11.3. The number of nitrogens with two attached hydrogens (primary N) is 2. The van der Waals surface area contributed by atoms with Crippen LogP contribution in [0.4, 0.5) is 23.4 Å². The average molecular weight is 418 g/mol. The number of nitrogens with one attached hydrogen (secondary N) is 2. The van der Waals surface area contributed by atoms with Gasteiger partial charge in [-0.25, -0.2) is 23.5 Å². The van der Waals surface area contributed by atoms with Gasteiger partial charge in [0.2, 0.25) is 21.9 Å². The standard InChI is InChI=1S/C16H22N10O2S/c1-19-7-8-25(2)13-9-14(21-10-20-13)26-15(17)23-16(24-26)22-11-3-5-12(6-4-11)29(18,27)28/h3-6,9-10,19H,7-8H2,1-2H3,(H2,18,27,28)(H3,17,22,23,24). The van der Waals surface area contributed by atoms with E-state index in [1.54, 1.807) is 18.2 Å². The number of hydrogen-bond acceptors (Lipinski definition) is 10. The summed E-state index contributed by atoms with van der Waals surface area (Å²) in [7, 11) is 0.0508. The van der Waals surface area contributed by atoms with Crippen LogP contribution in [-0.4, -0.2) is 60.3 Å². The summed E-state index contributed by atoms with van der Waals surface area (Å²) in [5.41, 5.74) is 6.56. The fraction of sp³-hybridized carbons (Fsp3) is 0.250. The molecule has 29 heavy (non-hydrogen) atoms. The van der Waals surface area contributed by atoms with Crippen LogP contribution in [0.15, 0.2) is 41.6 Å². The highest BCUT2D eigenvalue weighted by atomic mass is 32.2. The van der Waals surface area contributed by atoms with Crippen molar-refractivity contribution in [3.8, 4) is 5.82 Å². The molecule has 0 aliphatic carbocycles. The van der Waals surface area contributed by atoms with E-state index < -0.39 is 10.0 Å². The highest BCUT2D eigenvalue weighted by Crippen LogP contribution is 2.19. The first-order valence-corrected chi connectivity index (χ1v) is 10.1. The zero-order chi connectivity index (χ0) is 21.0. The van der Waals surface area contributed by atoms with Gasteiger partial charge in [-0.2, -0.15) is 9.67 Å². The minimum absolute atomic E-state index is 0.0111. The monoisotopic (exact) mass is 418 g/mol. The highest BCUT2D eigenvalue weighted by molar-refractivity contribution is 7.89. The van der Waals surface area contributed by atoms with Crippen molar-refractivity contribution >= 4 is 33.4 Å². The molecule has 0 aliphatic rings. The molecule has 2 heterocycles. The van der Waals surface area contributed by atoms with Gasteiger partial charge in [-0.05, 0) is 31.3 Å². The smallest absolute Gasteiger partial charge is 0.248 e. The molecule has 0 atom stereocenters. The second-order valence-corrected chi connectivity index (χ2v) is 7.72. The van der Waals surface area contributed by atoms with E-state index in [9.17, 15) is 8.42 Å². The number of primary sulfonamides is 1. The second kappa shape index (κ2) is 8.38. The van der Waals surface area contributed by atoms with Gasteiger partial charge in [0.15, 0.2) is 5.82 Å². The van der Waals surface area contributed by atoms with Gasteiger partial charge < -0.3 is 21.3 Å². The molecule has 0 saturated heterocycles. The van der Waals surface area contributed by atoms with Gasteiger partial charge in [0, 0.05) is 31.9 Å². The van der Waals surface area contributed by atoms with Gasteiger partial charge in [0.25, 0.3) is 0 Å². The van der Waals surface area contributed by atoms with E-state index in [-0.39, 0.29) is 16.8 Å². The number of nitrogens with zero attached hydrogens (tertiary/aromatic N) is 6. The number of rotatable bonds is 8. The lowest BCUT2D eigenvalue weighted by molar-refractivity contribution is 0.598. The summed E-state index contributed by atoms with van der Waals surface area (Å²) in [5.74, 6) is 1.55. The van der Waals surface area contributed by atoms with Crippen LogP contribution in [0.25, 0.3) is 5.82 Å². The number of nitrogen functional groups attached to an aromatic ring is 1. The Balaban J connectivity index is 1.80. The Morgan fingerprint density at radius 3 is 2.59 bits per heavy atom. The molecule has 3 aromatic rings. The highest BCUT2D eigenvalue weighted by Gasteiger charge is 2.13. The number of sulfonamides is 1. The molecular weight excluding hydrogens is 396 g/mol. The molecule has 0 spiro atoms. The van der Waals surface area contributed by atoms with Crippen LogP contribution in [-0.2, 0) is 10.0 Å². The van der Waals surface area contributed by atoms with Crippen molar-refractivity contribution in [3.05, 3.63) is 36.7 Å². The fourth-order valence-electron chi connectivity index (χ4n) is 2.46. The fourth-order valence-corrected chi connectivity index (χ4v) is 2.97. The Morgan fingerprint density at radius 1 is 1.21 bits per heavy atom. The molecule has 0 unspecified atom stereocenters. The maximum Gasteiger partial charge on any atom is 0.248 e. The minimum Gasteiger partial charge on any atom is -0.368 e. The summed E-state index contributed by atoms with van der Waals surface area (Å²) < 4.78 is 24.1. The Morgan fingerprint density at radius 2 is 1.93 bits per heavy atom. The molecule has 0 amide bonds. The predicted molar refractivity (Wildman–Crippen MR) is 110 cm³/mol. The molecule has 0 fully saturated rings. The molecule has 1 aromatic carbocycles. The summed E-state index contributed by atoms with van der Waals surface area (Å²) in [6.07, 6.45) is 1.43. The van der Waals surface area contributed by atoms with E-state index in [4.69, 9.17) is 10.9 Å². The molecule has 12 nitrogen and oxygen atoms in total. The quantitative estimate of drug-likeness (QED) is 0.380. The maximum absolute atomic E-state index is 11.3. The van der Waals surface area contributed by atoms with Crippen LogP contribution >= 0.6 is 0 Å². The number of benzene rings is 1. The SMILES string of the molecule is CNCCN(C)c1cc(-n2nc(Nc3ccc(S(N)(=O)=O)cc3)nc2N)ncn1. The summed E-state index contributed by atoms with van der Waals surface area (Å²) in [5, 5.41) is 15.4. The van der Waals surface area contributed by atoms with Crippen molar-refractivity contribution in [2.45, 2.75) is 4.90 Å². The lowest BCUT2D eigenvalue weighted by Crippen LogP contribution is -2.27. The molecule has 154 valence electrons. The van der Waals surface area contributed by atoms with Crippen LogP contribution in [0, 0.1) is 0 Å². The van der Waals surface area contributed by atoms with Gasteiger partial charge in [-0.1, -0.05) is 0 Å². The van der Waals surface area contributed by atoms with E-state index in [2.05, 4.69) is 30.7 Å². The first-order chi connectivity index (χ1) is 13.8. The zero-order valence-electron chi connectivity index (χ0n) is 15.9. The van der Waals surface area contributed by atoms with Crippen molar-refractivity contribution < 1.29 is 8.42 Å². The van der Waals surface area contributed by atoms with Crippen molar-refractivity contribution in [1.29, 1.82) is 0 Å². The third-order valence-electron chi connectivity index (χ3n) is 4.01. The predicted octanol–water partition coefficient (Wildman–Crippen LogP) is -0.314. The Hall–Kier alpha value is -3.29. The summed E-state index contributed by atoms with van der Waals surface area (Å²) >= 11 is 0. The molecule has 0 radical (unpaired) electrons. The summed E-state index contributed by atoms with van der Waals surface area (Å²) in [6, 6.07) is 7.63. The van der Waals surface area contributed by atoms with Crippen molar-refractivity contribution in [2.24, 2.45) is 5.14 Å². The number of anilines is 4. The van der Waals surface area contributed by atoms with Gasteiger partial charge >= 0.3 is 0 Å². The molecule has 0 bridgehead atoms. The van der Waals surface area contributed by atoms with Gasteiger partial charge in [0.1, 0.15) is 12.1 Å². The zero-order valence-corrected chi connectivity index (χ0v) is 16.8. The van der Waals surface area contributed by atoms with Crippen LogP contribution in [0.1, 0.15) is 0 Å². The molecule has 13 heteroatoms. The molecule has 6 N–H and O–H groups in total. The van der Waals surface area contributed by atoms with Gasteiger partial charge in [-0.3, -0.25) is 0 Å². The van der Waals surface area contributed by atoms with E-state index in [1.807, 2.05) is 19.0 Å². The third kappa shape index (κ3) is 4.96. The number of likely N-dealkylation sites (N-methyl/N-ethyl adjacent to an activating group) is 2. The first-order valence-electron chi connectivity index (χ1n) is 8.58. The van der Waals surface area contributed by atoms with E-state index in [0.717, 1.165) is 13.1 Å². The Bertz CT molecular complexity index is 1080. The second-order valence-electron chi connectivity index (χ2n) is 6.16. The van der Waals surface area contributed by atoms with Crippen LogP contribution < -0.4 is 26.4 Å². The lowest BCUT2D eigenvalue weighted by Gasteiger charge is -2.17. The summed E-state index contributed by atoms with van der Waals surface area (Å²) in [6.45, 7) is 1.57. The van der Waals surface area contributed by atoms with E-state index >= 15 is 0 Å².